The fourth-order valence-corrected chi connectivity index (χ4v) is 2.39. The third-order valence-corrected chi connectivity index (χ3v) is 3.28. The maximum absolute atomic E-state index is 13.3. The van der Waals surface area contributed by atoms with E-state index in [1.165, 1.54) is 18.2 Å². The molecule has 98 valence electrons. The van der Waals surface area contributed by atoms with E-state index in [-0.39, 0.29) is 11.6 Å². The number of hydrogen-bond acceptors (Lipinski definition) is 2. The Hall–Kier alpha value is -1.87. The number of carbonyl (C=O) groups is 1. The van der Waals surface area contributed by atoms with Crippen molar-refractivity contribution in [3.8, 4) is 0 Å². The number of benzene rings is 2. The van der Waals surface area contributed by atoms with Crippen LogP contribution in [0.1, 0.15) is 27.0 Å². The summed E-state index contributed by atoms with van der Waals surface area (Å²) in [5.74, 6) is -0.574. The zero-order chi connectivity index (χ0) is 14.2. The minimum Gasteiger partial charge on any atom is -0.399 e. The second-order valence-corrected chi connectivity index (χ2v) is 4.89. The van der Waals surface area contributed by atoms with E-state index in [0.717, 1.165) is 0 Å². The van der Waals surface area contributed by atoms with E-state index >= 15 is 0 Å². The lowest BCUT2D eigenvalue weighted by molar-refractivity contribution is 0.103. The van der Waals surface area contributed by atoms with Crippen molar-refractivity contribution in [2.75, 3.05) is 5.73 Å². The third kappa shape index (κ3) is 2.61. The van der Waals surface area contributed by atoms with E-state index in [9.17, 15) is 9.18 Å². The maximum Gasteiger partial charge on any atom is 0.195 e. The Morgan fingerprint density at radius 3 is 2.26 bits per heavy atom. The van der Waals surface area contributed by atoms with Crippen LogP contribution in [0, 0.1) is 19.7 Å². The van der Waals surface area contributed by atoms with E-state index in [0.29, 0.717) is 33.0 Å². The van der Waals surface area contributed by atoms with E-state index in [4.69, 9.17) is 17.3 Å². The molecular weight excluding hydrogens is 265 g/mol. The van der Waals surface area contributed by atoms with Gasteiger partial charge in [-0.05, 0) is 55.3 Å². The Morgan fingerprint density at radius 1 is 1.16 bits per heavy atom. The van der Waals surface area contributed by atoms with Crippen molar-refractivity contribution in [3.05, 3.63) is 63.4 Å². The lowest BCUT2D eigenvalue weighted by Gasteiger charge is -2.10. The molecule has 0 radical (unpaired) electrons. The summed E-state index contributed by atoms with van der Waals surface area (Å²) in [6, 6.07) is 7.41. The first kappa shape index (κ1) is 13.6. The van der Waals surface area contributed by atoms with Gasteiger partial charge in [0, 0.05) is 16.8 Å². The van der Waals surface area contributed by atoms with Crippen molar-refractivity contribution < 1.29 is 9.18 Å². The molecule has 2 aromatic rings. The number of hydrogen-bond donors (Lipinski definition) is 1. The van der Waals surface area contributed by atoms with Crippen LogP contribution in [-0.2, 0) is 0 Å². The normalized spacial score (nSPS) is 10.5. The highest BCUT2D eigenvalue weighted by molar-refractivity contribution is 6.35. The molecule has 0 heterocycles. The molecule has 2 nitrogen and oxygen atoms in total. The summed E-state index contributed by atoms with van der Waals surface area (Å²) in [4.78, 5) is 12.5. The van der Waals surface area contributed by atoms with E-state index in [2.05, 4.69) is 0 Å². The molecule has 0 aliphatic heterocycles. The second kappa shape index (κ2) is 5.02. The van der Waals surface area contributed by atoms with Crippen LogP contribution in [0.3, 0.4) is 0 Å². The number of nitrogen functional groups attached to an aromatic ring is 1. The average Bonchev–Trinajstić information content (AvgIpc) is 2.26. The third-order valence-electron chi connectivity index (χ3n) is 2.96. The Kier molecular flexibility index (Phi) is 3.58. The molecule has 2 rings (SSSR count). The van der Waals surface area contributed by atoms with Crippen molar-refractivity contribution in [2.45, 2.75) is 13.8 Å². The van der Waals surface area contributed by atoms with Gasteiger partial charge in [0.05, 0.1) is 5.02 Å². The molecular formula is C15H13ClFNO. The summed E-state index contributed by atoms with van der Waals surface area (Å²) in [6.07, 6.45) is 0. The summed E-state index contributed by atoms with van der Waals surface area (Å²) in [7, 11) is 0. The average molecular weight is 278 g/mol. The molecule has 19 heavy (non-hydrogen) atoms. The predicted molar refractivity (Wildman–Crippen MR) is 75.2 cm³/mol. The molecule has 0 aliphatic carbocycles. The largest absolute Gasteiger partial charge is 0.399 e. The van der Waals surface area contributed by atoms with Gasteiger partial charge in [-0.3, -0.25) is 4.79 Å². The minimum atomic E-state index is -0.352. The molecule has 0 bridgehead atoms. The highest BCUT2D eigenvalue weighted by Gasteiger charge is 2.18. The quantitative estimate of drug-likeness (QED) is 0.668. The molecule has 0 aromatic heterocycles. The van der Waals surface area contributed by atoms with Gasteiger partial charge in [0.2, 0.25) is 0 Å². The maximum atomic E-state index is 13.3. The van der Waals surface area contributed by atoms with Gasteiger partial charge in [0.1, 0.15) is 5.82 Å². The molecule has 0 atom stereocenters. The van der Waals surface area contributed by atoms with Gasteiger partial charge < -0.3 is 5.73 Å². The van der Waals surface area contributed by atoms with Gasteiger partial charge in [-0.15, -0.1) is 0 Å². The Morgan fingerprint density at radius 2 is 1.74 bits per heavy atom. The number of aryl methyl sites for hydroxylation is 2. The molecule has 2 N–H and O–H groups in total. The van der Waals surface area contributed by atoms with Crippen LogP contribution in [0.2, 0.25) is 5.02 Å². The van der Waals surface area contributed by atoms with Crippen LogP contribution in [0.25, 0.3) is 0 Å². The standard InChI is InChI=1S/C15H13ClFNO/c1-8-5-10(17)6-9(2)14(8)15(19)12-4-3-11(18)7-13(12)16/h3-7H,18H2,1-2H3. The lowest BCUT2D eigenvalue weighted by Crippen LogP contribution is -2.08. The molecule has 0 spiro atoms. The first-order chi connectivity index (χ1) is 8.90. The van der Waals surface area contributed by atoms with Crippen molar-refractivity contribution in [3.63, 3.8) is 0 Å². The fraction of sp³-hybridized carbons (Fsp3) is 0.133. The van der Waals surface area contributed by atoms with Gasteiger partial charge in [-0.2, -0.15) is 0 Å². The lowest BCUT2D eigenvalue weighted by atomic mass is 9.94. The summed E-state index contributed by atoms with van der Waals surface area (Å²) in [5, 5.41) is 0.299. The summed E-state index contributed by atoms with van der Waals surface area (Å²) < 4.78 is 13.3. The second-order valence-electron chi connectivity index (χ2n) is 4.48. The molecule has 0 unspecified atom stereocenters. The van der Waals surface area contributed by atoms with Gasteiger partial charge in [-0.25, -0.2) is 4.39 Å². The SMILES string of the molecule is Cc1cc(F)cc(C)c1C(=O)c1ccc(N)cc1Cl. The van der Waals surface area contributed by atoms with Crippen molar-refractivity contribution in [1.29, 1.82) is 0 Å². The topological polar surface area (TPSA) is 43.1 Å². The molecule has 4 heteroatoms. The highest BCUT2D eigenvalue weighted by Crippen LogP contribution is 2.25. The molecule has 0 saturated carbocycles. The Labute approximate surface area is 116 Å². The number of anilines is 1. The molecule has 2 aromatic carbocycles. The van der Waals surface area contributed by atoms with Crippen molar-refractivity contribution in [1.82, 2.24) is 0 Å². The van der Waals surface area contributed by atoms with Crippen LogP contribution >= 0.6 is 11.6 Å². The van der Waals surface area contributed by atoms with Gasteiger partial charge in [-0.1, -0.05) is 11.6 Å². The minimum absolute atomic E-state index is 0.222. The van der Waals surface area contributed by atoms with Gasteiger partial charge in [0.25, 0.3) is 0 Å². The smallest absolute Gasteiger partial charge is 0.195 e. The van der Waals surface area contributed by atoms with Crippen LogP contribution in [0.4, 0.5) is 10.1 Å². The molecule has 0 aliphatic rings. The molecule has 0 fully saturated rings. The van der Waals surface area contributed by atoms with Gasteiger partial charge in [0.15, 0.2) is 5.78 Å². The van der Waals surface area contributed by atoms with E-state index < -0.39 is 0 Å². The fourth-order valence-electron chi connectivity index (χ4n) is 2.12. The zero-order valence-electron chi connectivity index (χ0n) is 10.6. The first-order valence-electron chi connectivity index (χ1n) is 5.76. The van der Waals surface area contributed by atoms with Gasteiger partial charge >= 0.3 is 0 Å². The Balaban J connectivity index is 2.56. The highest BCUT2D eigenvalue weighted by atomic mass is 35.5. The van der Waals surface area contributed by atoms with E-state index in [1.54, 1.807) is 26.0 Å². The summed E-state index contributed by atoms with van der Waals surface area (Å²) >= 11 is 6.04. The number of halogens is 2. The first-order valence-corrected chi connectivity index (χ1v) is 6.14. The zero-order valence-corrected chi connectivity index (χ0v) is 11.4. The van der Waals surface area contributed by atoms with Crippen LogP contribution in [0.5, 0.6) is 0 Å². The van der Waals surface area contributed by atoms with Crippen LogP contribution in [-0.4, -0.2) is 5.78 Å². The van der Waals surface area contributed by atoms with E-state index in [1.807, 2.05) is 0 Å². The number of carbonyl (C=O) groups excluding carboxylic acids is 1. The van der Waals surface area contributed by atoms with Crippen molar-refractivity contribution >= 4 is 23.1 Å². The predicted octanol–water partition coefficient (Wildman–Crippen LogP) is 3.91. The number of nitrogens with two attached hydrogens (primary N) is 1. The van der Waals surface area contributed by atoms with Crippen molar-refractivity contribution in [2.24, 2.45) is 0 Å². The molecule has 0 amide bonds. The number of ketones is 1. The number of rotatable bonds is 2. The summed E-state index contributed by atoms with van der Waals surface area (Å²) in [6.45, 7) is 3.41. The van der Waals surface area contributed by atoms with Crippen LogP contribution in [0.15, 0.2) is 30.3 Å². The Bertz CT molecular complexity index is 644. The monoisotopic (exact) mass is 277 g/mol. The molecule has 0 saturated heterocycles. The van der Waals surface area contributed by atoms with Crippen LogP contribution < -0.4 is 5.73 Å². The summed E-state index contributed by atoms with van der Waals surface area (Å²) in [5.41, 5.74) is 8.13.